The first-order valence-corrected chi connectivity index (χ1v) is 30.3. The van der Waals surface area contributed by atoms with Crippen molar-refractivity contribution in [2.45, 2.75) is 98.2 Å². The summed E-state index contributed by atoms with van der Waals surface area (Å²) in [5.74, 6) is -0.238. The van der Waals surface area contributed by atoms with E-state index >= 15 is 0 Å². The molecule has 4 saturated heterocycles. The van der Waals surface area contributed by atoms with Crippen molar-refractivity contribution in [2.75, 3.05) is 49.4 Å². The molecule has 4 fully saturated rings. The normalized spacial score (nSPS) is 32.0. The largest absolute Gasteiger partial charge is 0.780 e. The summed E-state index contributed by atoms with van der Waals surface area (Å²) in [6.07, 6.45) is -18.6. The van der Waals surface area contributed by atoms with Crippen molar-refractivity contribution in [2.24, 2.45) is 0 Å². The Hall–Kier alpha value is -6.25. The molecule has 12 rings (SSSR count). The first kappa shape index (κ1) is 59.1. The van der Waals surface area contributed by atoms with E-state index < -0.39 is 147 Å². The fourth-order valence-corrected chi connectivity index (χ4v) is 13.2. The minimum Gasteiger partial charge on any atom is -0.780 e. The average Bonchev–Trinajstić information content (AvgIpc) is 1.89. The number of nitrogens with two attached hydrogens (primary N) is 4. The molecule has 12 heterocycles. The first-order valence-electron chi connectivity index (χ1n) is 24.8. The van der Waals surface area contributed by atoms with Gasteiger partial charge in [-0.2, -0.15) is 0 Å². The highest BCUT2D eigenvalue weighted by Crippen LogP contribution is 2.52. The SMILES string of the molecule is Nc1ncnc2c1ncn2[C@@H]1O[C@H](COP(=O)([O-])O[C@@H]2[C@H](O)[C@@H](COP([O-])(=S)O[C@@H]3[C@H](O)[C@@H](COP(=O)([O-])O[C@@H]4[C@H](O)[C@@H](CO)O[C@H]4n4cnc5c(N)ncnc54)O[C@H]3n3cnc4c(N)ncnc43)O[C@H]2n2cnc3c(N)ncnc32)[C@@H](O)[C@H]1O. The van der Waals surface area contributed by atoms with Gasteiger partial charge < -0.3 is 114 Å². The summed E-state index contributed by atoms with van der Waals surface area (Å²) in [6, 6.07) is 0. The number of aromatic nitrogens is 16. The third-order valence-electron chi connectivity index (χ3n) is 14.0. The maximum Gasteiger partial charge on any atom is 0.268 e. The molecule has 14 N–H and O–H groups in total. The number of fused-ring (bicyclic) bond motifs is 4. The topological polar surface area (TPSA) is 595 Å². The van der Waals surface area contributed by atoms with Crippen molar-refractivity contribution in [1.82, 2.24) is 78.1 Å². The minimum absolute atomic E-state index is 0.00936. The molecule has 41 nitrogen and oxygen atoms in total. The first-order chi connectivity index (χ1) is 40.5. The third kappa shape index (κ3) is 11.1. The second-order valence-electron chi connectivity index (χ2n) is 19.2. The van der Waals surface area contributed by atoms with Gasteiger partial charge in [0.1, 0.15) is 127 Å². The highest BCUT2D eigenvalue weighted by molar-refractivity contribution is 8.06. The van der Waals surface area contributed by atoms with Crippen molar-refractivity contribution >= 4 is 102 Å². The molecule has 0 bridgehead atoms. The Bertz CT molecular complexity index is 3950. The van der Waals surface area contributed by atoms with Crippen LogP contribution in [0.15, 0.2) is 50.6 Å². The van der Waals surface area contributed by atoms with Gasteiger partial charge in [0.2, 0.25) is 0 Å². The van der Waals surface area contributed by atoms with Gasteiger partial charge in [-0.15, -0.1) is 0 Å². The molecule has 0 aromatic carbocycles. The number of phosphoric acid groups is 2. The molecule has 4 aliphatic heterocycles. The number of aliphatic hydroxyl groups excluding tert-OH is 6. The van der Waals surface area contributed by atoms with Gasteiger partial charge in [-0.05, 0) is 0 Å². The summed E-state index contributed by atoms with van der Waals surface area (Å²) in [4.78, 5) is 90.2. The summed E-state index contributed by atoms with van der Waals surface area (Å²) in [6.45, 7) is -8.80. The molecule has 8 aromatic rings. The number of nitrogen functional groups attached to an aromatic ring is 4. The van der Waals surface area contributed by atoms with Crippen LogP contribution in [0, 0.1) is 0 Å². The highest BCUT2D eigenvalue weighted by Gasteiger charge is 2.53. The number of ether oxygens (including phenoxy) is 4. The Balaban J connectivity index is 0.749. The van der Waals surface area contributed by atoms with Gasteiger partial charge in [-0.25, -0.2) is 59.8 Å². The van der Waals surface area contributed by atoms with Crippen molar-refractivity contribution in [1.29, 1.82) is 0 Å². The van der Waals surface area contributed by atoms with Crippen LogP contribution in [0.3, 0.4) is 0 Å². The lowest BCUT2D eigenvalue weighted by Gasteiger charge is -2.34. The maximum atomic E-state index is 14.3. The smallest absolute Gasteiger partial charge is 0.268 e. The monoisotopic (exact) mass is 1270 g/mol. The van der Waals surface area contributed by atoms with Crippen molar-refractivity contribution in [3.63, 3.8) is 0 Å². The maximum absolute atomic E-state index is 14.3. The Morgan fingerprint density at radius 2 is 0.753 bits per heavy atom. The number of phosphoric ester groups is 2. The molecule has 45 heteroatoms. The number of imidazole rings is 4. The predicted octanol–water partition coefficient (Wildman–Crippen LogP) is -6.21. The van der Waals surface area contributed by atoms with E-state index in [0.717, 1.165) is 47.1 Å². The Morgan fingerprint density at radius 1 is 0.447 bits per heavy atom. The molecular weight excluding hydrogens is 1220 g/mol. The number of aliphatic hydroxyl groups is 6. The molecule has 0 aliphatic carbocycles. The van der Waals surface area contributed by atoms with Crippen molar-refractivity contribution in [3.05, 3.63) is 50.6 Å². The van der Waals surface area contributed by atoms with E-state index in [0.29, 0.717) is 0 Å². The average molecular weight is 1270 g/mol. The Kier molecular flexibility index (Phi) is 15.8. The van der Waals surface area contributed by atoms with E-state index in [-0.39, 0.29) is 67.9 Å². The van der Waals surface area contributed by atoms with Gasteiger partial charge in [-0.3, -0.25) is 27.4 Å². The molecule has 0 radical (unpaired) electrons. The molecule has 85 heavy (non-hydrogen) atoms. The van der Waals surface area contributed by atoms with Crippen LogP contribution in [0.1, 0.15) is 24.9 Å². The van der Waals surface area contributed by atoms with Gasteiger partial charge in [0, 0.05) is 0 Å². The quantitative estimate of drug-likeness (QED) is 0.0317. The number of rotatable bonds is 20. The number of hydrogen-bond acceptors (Lipinski definition) is 38. The molecule has 0 saturated carbocycles. The zero-order valence-corrected chi connectivity index (χ0v) is 46.2. The van der Waals surface area contributed by atoms with E-state index in [1.807, 2.05) is 0 Å². The summed E-state index contributed by atoms with van der Waals surface area (Å²) in [5, 5.41) is 66.5. The van der Waals surface area contributed by atoms with Crippen LogP contribution >= 0.6 is 22.4 Å². The minimum atomic E-state index is -5.64. The van der Waals surface area contributed by atoms with Gasteiger partial charge in [0.05, 0.1) is 51.7 Å². The van der Waals surface area contributed by atoms with Crippen LogP contribution in [0.25, 0.3) is 44.7 Å². The third-order valence-corrected chi connectivity index (χ3v) is 17.5. The summed E-state index contributed by atoms with van der Waals surface area (Å²) >= 11 is 5.29. The molecule has 0 spiro atoms. The van der Waals surface area contributed by atoms with Gasteiger partial charge >= 0.3 is 0 Å². The van der Waals surface area contributed by atoms with Crippen LogP contribution in [0.5, 0.6) is 0 Å². The zero-order chi connectivity index (χ0) is 60.0. The van der Waals surface area contributed by atoms with Crippen LogP contribution < -0.4 is 37.6 Å². The van der Waals surface area contributed by atoms with Crippen molar-refractivity contribution in [3.8, 4) is 0 Å². The molecule has 19 atom stereocenters. The van der Waals surface area contributed by atoms with Gasteiger partial charge in [0.25, 0.3) is 15.6 Å². The lowest BCUT2D eigenvalue weighted by molar-refractivity contribution is -0.238. The lowest BCUT2D eigenvalue weighted by atomic mass is 10.1. The Labute approximate surface area is 477 Å². The molecular formula is C40H46N20O21P3S-3. The number of hydrogen-bond donors (Lipinski definition) is 10. The van der Waals surface area contributed by atoms with Gasteiger partial charge in [-0.1, -0.05) is 11.8 Å². The second kappa shape index (κ2) is 22.8. The fourth-order valence-electron chi connectivity index (χ4n) is 9.95. The van der Waals surface area contributed by atoms with Crippen LogP contribution in [-0.2, 0) is 67.0 Å². The second-order valence-corrected chi connectivity index (χ2v) is 24.6. The van der Waals surface area contributed by atoms with E-state index in [9.17, 15) is 54.4 Å². The van der Waals surface area contributed by atoms with Crippen molar-refractivity contribution < 1.29 is 101 Å². The van der Waals surface area contributed by atoms with E-state index in [2.05, 4.69) is 59.8 Å². The van der Waals surface area contributed by atoms with Crippen LogP contribution in [0.4, 0.5) is 23.3 Å². The van der Waals surface area contributed by atoms with Crippen LogP contribution in [0.2, 0.25) is 0 Å². The summed E-state index contributed by atoms with van der Waals surface area (Å²) < 4.78 is 88.1. The zero-order valence-electron chi connectivity index (χ0n) is 42.7. The Morgan fingerprint density at radius 3 is 1.13 bits per heavy atom. The molecule has 8 aromatic heterocycles. The van der Waals surface area contributed by atoms with E-state index in [4.69, 9.17) is 80.8 Å². The number of anilines is 4. The fraction of sp³-hybridized carbons (Fsp3) is 0.500. The summed E-state index contributed by atoms with van der Waals surface area (Å²) in [7, 11) is -11.2. The molecule has 0 amide bonds. The highest BCUT2D eigenvalue weighted by atomic mass is 32.5. The number of nitrogens with zero attached hydrogens (tertiary/aromatic N) is 16. The standard InChI is InChI=1S/C40H49N20O21P3S/c41-29-17-33(49-5-45-29)57(9-53-17)37-25(66)21(62)14(76-37)2-72-82(67,68)80-27-23(64)16(78-39(27)59-11-55-19-31(43)47-7-51-35(19)59)4-74-84(71,85)81-28-24(65)15(77-40(28)60-12-56-20-32(44)48-8-52-36(20)60)3-73-83(69,70)79-26-22(63)13(1-61)75-38(26)58-10-54-18-30(42)46-6-50-34(18)58/h5-16,21-28,37-40,61-66H,1-4H2,(H,67,68)(H,69,70)(H,71,85)(H2,41,45,49)(H2,42,46,50)(H2,43,47,51)(H2,44,48,52)/p-3/t13-,14-,15-,16-,21-,22-,23-,24-,25-,26-,27-,28-,37-,38-,39-,40-,84?/m1/s1. The lowest BCUT2D eigenvalue weighted by Crippen LogP contribution is -2.38. The molecule has 4 aliphatic rings. The van der Waals surface area contributed by atoms with E-state index in [1.165, 1.54) is 21.8 Å². The predicted molar refractivity (Wildman–Crippen MR) is 274 cm³/mol. The molecule has 456 valence electrons. The summed E-state index contributed by atoms with van der Waals surface area (Å²) in [5.41, 5.74) is 24.2. The van der Waals surface area contributed by atoms with E-state index in [1.54, 1.807) is 0 Å². The molecule has 3 unspecified atom stereocenters. The van der Waals surface area contributed by atoms with Gasteiger partial charge in [0.15, 0.2) is 70.8 Å². The van der Waals surface area contributed by atoms with Crippen LogP contribution in [-0.4, -0.2) is 208 Å².